The number of nitrogens with zero attached hydrogens (tertiary/aromatic N) is 4. The quantitative estimate of drug-likeness (QED) is 0.587. The van der Waals surface area contributed by atoms with Crippen LogP contribution in [0.2, 0.25) is 0 Å². The van der Waals surface area contributed by atoms with E-state index >= 15 is 0 Å². The van der Waals surface area contributed by atoms with Gasteiger partial charge in [-0.3, -0.25) is 14.0 Å². The minimum absolute atomic E-state index is 0.0243. The molecule has 2 aliphatic rings. The highest BCUT2D eigenvalue weighted by atomic mass is 16.5. The Bertz CT molecular complexity index is 1100. The van der Waals surface area contributed by atoms with Gasteiger partial charge in [-0.1, -0.05) is 6.07 Å². The number of carbonyl (C=O) groups excluding carboxylic acids is 1. The van der Waals surface area contributed by atoms with Crippen LogP contribution in [0.25, 0.3) is 11.7 Å². The van der Waals surface area contributed by atoms with Crippen molar-refractivity contribution in [3.05, 3.63) is 45.4 Å². The lowest BCUT2D eigenvalue weighted by Gasteiger charge is -2.29. The zero-order chi connectivity index (χ0) is 21.8. The standard InChI is InChI=1S/C23H27N5O3/c1-16-7-5-11-28-20(16)26-21(27-9-3-2-4-10-27)19(23(28)30)13-17(14-24)22(29)25-15-18-8-6-12-31-18/h5,7,11,13,18H,2-4,6,8-10,12,15H2,1H3,(H,25,29)/b17-13+/t18-/m0/s1. The molecule has 2 aromatic rings. The molecule has 0 aliphatic carbocycles. The van der Waals surface area contributed by atoms with Crippen LogP contribution in [-0.4, -0.2) is 47.6 Å². The second-order valence-corrected chi connectivity index (χ2v) is 8.10. The molecule has 162 valence electrons. The lowest BCUT2D eigenvalue weighted by molar-refractivity contribution is -0.117. The Morgan fingerprint density at radius 2 is 2.16 bits per heavy atom. The summed E-state index contributed by atoms with van der Waals surface area (Å²) in [7, 11) is 0. The topological polar surface area (TPSA) is 99.7 Å². The fraction of sp³-hybridized carbons (Fsp3) is 0.478. The zero-order valence-corrected chi connectivity index (χ0v) is 17.8. The number of pyridine rings is 1. The summed E-state index contributed by atoms with van der Waals surface area (Å²) in [4.78, 5) is 32.9. The monoisotopic (exact) mass is 421 g/mol. The van der Waals surface area contributed by atoms with Crippen LogP contribution >= 0.6 is 0 Å². The highest BCUT2D eigenvalue weighted by molar-refractivity contribution is 6.02. The number of rotatable bonds is 5. The van der Waals surface area contributed by atoms with Gasteiger partial charge in [0.05, 0.1) is 11.7 Å². The van der Waals surface area contributed by atoms with Crippen molar-refractivity contribution < 1.29 is 9.53 Å². The lowest BCUT2D eigenvalue weighted by Crippen LogP contribution is -2.34. The molecule has 0 aromatic carbocycles. The van der Waals surface area contributed by atoms with Crippen molar-refractivity contribution in [2.24, 2.45) is 0 Å². The van der Waals surface area contributed by atoms with Gasteiger partial charge in [0.2, 0.25) is 0 Å². The van der Waals surface area contributed by atoms with Crippen LogP contribution < -0.4 is 15.8 Å². The van der Waals surface area contributed by atoms with Crippen molar-refractivity contribution in [3.8, 4) is 6.07 Å². The molecule has 0 bridgehead atoms. The number of hydrogen-bond donors (Lipinski definition) is 1. The maximum Gasteiger partial charge on any atom is 0.267 e. The summed E-state index contributed by atoms with van der Waals surface area (Å²) in [5.41, 5.74) is 1.36. The van der Waals surface area contributed by atoms with E-state index in [0.29, 0.717) is 24.6 Å². The van der Waals surface area contributed by atoms with E-state index in [2.05, 4.69) is 10.2 Å². The summed E-state index contributed by atoms with van der Waals surface area (Å²) in [6.07, 6.45) is 8.07. The third-order valence-corrected chi connectivity index (χ3v) is 5.89. The van der Waals surface area contributed by atoms with Gasteiger partial charge in [-0.05, 0) is 56.7 Å². The van der Waals surface area contributed by atoms with E-state index in [4.69, 9.17) is 9.72 Å². The average molecular weight is 422 g/mol. The Labute approximate surface area is 181 Å². The van der Waals surface area contributed by atoms with E-state index < -0.39 is 5.91 Å². The summed E-state index contributed by atoms with van der Waals surface area (Å²) in [5, 5.41) is 12.4. The van der Waals surface area contributed by atoms with Crippen molar-refractivity contribution >= 4 is 23.4 Å². The highest BCUT2D eigenvalue weighted by Gasteiger charge is 2.22. The van der Waals surface area contributed by atoms with Gasteiger partial charge >= 0.3 is 0 Å². The van der Waals surface area contributed by atoms with Gasteiger partial charge in [0.15, 0.2) is 0 Å². The smallest absolute Gasteiger partial charge is 0.267 e. The summed E-state index contributed by atoms with van der Waals surface area (Å²) in [6.45, 7) is 4.55. The van der Waals surface area contributed by atoms with Gasteiger partial charge in [-0.15, -0.1) is 0 Å². The molecule has 0 saturated carbocycles. The first-order chi connectivity index (χ1) is 15.1. The number of aryl methyl sites for hydroxylation is 1. The van der Waals surface area contributed by atoms with Crippen molar-refractivity contribution in [1.82, 2.24) is 14.7 Å². The van der Waals surface area contributed by atoms with Gasteiger partial charge < -0.3 is 15.0 Å². The molecule has 8 heteroatoms. The van der Waals surface area contributed by atoms with Crippen LogP contribution in [0, 0.1) is 18.3 Å². The summed E-state index contributed by atoms with van der Waals surface area (Å²) in [5.74, 6) is 0.0370. The molecule has 1 N–H and O–H groups in total. The van der Waals surface area contributed by atoms with Crippen molar-refractivity contribution in [1.29, 1.82) is 5.26 Å². The van der Waals surface area contributed by atoms with E-state index in [1.807, 2.05) is 19.1 Å². The summed E-state index contributed by atoms with van der Waals surface area (Å²) in [6, 6.07) is 5.66. The number of hydrogen-bond acceptors (Lipinski definition) is 6. The molecule has 4 rings (SSSR count). The Morgan fingerprint density at radius 1 is 1.35 bits per heavy atom. The van der Waals surface area contributed by atoms with Crippen LogP contribution in [0.1, 0.15) is 43.2 Å². The Kier molecular flexibility index (Phi) is 6.33. The van der Waals surface area contributed by atoms with E-state index in [1.54, 1.807) is 12.3 Å². The third-order valence-electron chi connectivity index (χ3n) is 5.89. The second-order valence-electron chi connectivity index (χ2n) is 8.10. The first-order valence-electron chi connectivity index (χ1n) is 10.9. The van der Waals surface area contributed by atoms with E-state index in [-0.39, 0.29) is 22.8 Å². The molecule has 0 radical (unpaired) electrons. The molecule has 8 nitrogen and oxygen atoms in total. The number of fused-ring (bicyclic) bond motifs is 1. The van der Waals surface area contributed by atoms with Crippen molar-refractivity contribution in [2.75, 3.05) is 31.1 Å². The van der Waals surface area contributed by atoms with Crippen LogP contribution in [0.4, 0.5) is 5.82 Å². The number of anilines is 1. The van der Waals surface area contributed by atoms with E-state index in [9.17, 15) is 14.9 Å². The molecular weight excluding hydrogens is 394 g/mol. The van der Waals surface area contributed by atoms with Crippen LogP contribution in [-0.2, 0) is 9.53 Å². The Morgan fingerprint density at radius 3 is 2.87 bits per heavy atom. The minimum atomic E-state index is -0.503. The number of amides is 1. The number of carbonyl (C=O) groups is 1. The number of nitrogens with one attached hydrogen (secondary N) is 1. The van der Waals surface area contributed by atoms with Crippen molar-refractivity contribution in [3.63, 3.8) is 0 Å². The third kappa shape index (κ3) is 4.47. The van der Waals surface area contributed by atoms with Crippen LogP contribution in [0.3, 0.4) is 0 Å². The number of nitriles is 1. The summed E-state index contributed by atoms with van der Waals surface area (Å²) >= 11 is 0. The Hall–Kier alpha value is -3.18. The molecule has 1 atom stereocenters. The predicted octanol–water partition coefficient (Wildman–Crippen LogP) is 2.20. The molecule has 2 saturated heterocycles. The maximum atomic E-state index is 13.4. The van der Waals surface area contributed by atoms with Gasteiger partial charge in [-0.2, -0.15) is 5.26 Å². The normalized spacial score (nSPS) is 19.4. The molecule has 2 fully saturated rings. The molecule has 0 unspecified atom stereocenters. The van der Waals surface area contributed by atoms with Crippen LogP contribution in [0.15, 0.2) is 28.7 Å². The van der Waals surface area contributed by atoms with E-state index in [0.717, 1.165) is 50.8 Å². The zero-order valence-electron chi connectivity index (χ0n) is 17.8. The van der Waals surface area contributed by atoms with Gasteiger partial charge in [0, 0.05) is 32.4 Å². The predicted molar refractivity (Wildman–Crippen MR) is 118 cm³/mol. The largest absolute Gasteiger partial charge is 0.376 e. The molecule has 0 spiro atoms. The van der Waals surface area contributed by atoms with Gasteiger partial charge in [0.25, 0.3) is 11.5 Å². The lowest BCUT2D eigenvalue weighted by atomic mass is 10.1. The fourth-order valence-electron chi connectivity index (χ4n) is 4.17. The molecule has 1 amide bonds. The number of piperidine rings is 1. The Balaban J connectivity index is 1.74. The minimum Gasteiger partial charge on any atom is -0.376 e. The molecule has 2 aliphatic heterocycles. The molecule has 2 aromatic heterocycles. The molecule has 4 heterocycles. The maximum absolute atomic E-state index is 13.4. The fourth-order valence-corrected chi connectivity index (χ4v) is 4.17. The first kappa shape index (κ1) is 21.1. The molecule has 31 heavy (non-hydrogen) atoms. The van der Waals surface area contributed by atoms with Crippen LogP contribution in [0.5, 0.6) is 0 Å². The SMILES string of the molecule is Cc1cccn2c(=O)c(/C=C(\C#N)C(=O)NC[C@@H]3CCCO3)c(N3CCCCC3)nc12. The van der Waals surface area contributed by atoms with E-state index in [1.165, 1.54) is 10.5 Å². The number of ether oxygens (including phenoxy) is 1. The highest BCUT2D eigenvalue weighted by Crippen LogP contribution is 2.23. The first-order valence-corrected chi connectivity index (χ1v) is 10.9. The average Bonchev–Trinajstić information content (AvgIpc) is 3.31. The number of aromatic nitrogens is 2. The van der Waals surface area contributed by atoms with Gasteiger partial charge in [-0.25, -0.2) is 4.98 Å². The summed E-state index contributed by atoms with van der Waals surface area (Å²) < 4.78 is 7.00. The van der Waals surface area contributed by atoms with Gasteiger partial charge in [0.1, 0.15) is 23.1 Å². The molecular formula is C23H27N5O3. The second kappa shape index (κ2) is 9.31. The van der Waals surface area contributed by atoms with Crippen molar-refractivity contribution in [2.45, 2.75) is 45.1 Å².